The van der Waals surface area contributed by atoms with Crippen molar-refractivity contribution < 1.29 is 4.42 Å². The van der Waals surface area contributed by atoms with E-state index in [0.717, 1.165) is 11.4 Å². The molecule has 80 valence electrons. The zero-order valence-electron chi connectivity index (χ0n) is 8.92. The molecule has 0 spiro atoms. The summed E-state index contributed by atoms with van der Waals surface area (Å²) >= 11 is 0. The Morgan fingerprint density at radius 2 is 2.38 bits per heavy atom. The van der Waals surface area contributed by atoms with Crippen molar-refractivity contribution in [3.63, 3.8) is 0 Å². The van der Waals surface area contributed by atoms with Gasteiger partial charge in [-0.15, -0.1) is 0 Å². The number of aromatic nitrogens is 1. The zero-order chi connectivity index (χ0) is 11.4. The molecule has 4 heteroatoms. The van der Waals surface area contributed by atoms with Gasteiger partial charge >= 0.3 is 0 Å². The summed E-state index contributed by atoms with van der Waals surface area (Å²) in [6, 6.07) is 9.41. The number of furan rings is 1. The molecule has 2 aromatic heterocycles. The van der Waals surface area contributed by atoms with Crippen LogP contribution in [0.15, 0.2) is 41.1 Å². The topological polar surface area (TPSA) is 53.1 Å². The summed E-state index contributed by atoms with van der Waals surface area (Å²) in [4.78, 5) is 5.93. The fourth-order valence-corrected chi connectivity index (χ4v) is 1.45. The van der Waals surface area contributed by atoms with E-state index in [1.165, 1.54) is 0 Å². The van der Waals surface area contributed by atoms with Gasteiger partial charge in [0.25, 0.3) is 0 Å². The first-order valence-electron chi connectivity index (χ1n) is 4.89. The van der Waals surface area contributed by atoms with Gasteiger partial charge in [-0.3, -0.25) is 0 Å². The molecular formula is C12H11N3O. The molecule has 0 saturated carbocycles. The second kappa shape index (κ2) is 4.49. The van der Waals surface area contributed by atoms with Crippen LogP contribution < -0.4 is 4.90 Å². The van der Waals surface area contributed by atoms with Gasteiger partial charge in [0.15, 0.2) is 0 Å². The molecular weight excluding hydrogens is 202 g/mol. The number of hydrogen-bond acceptors (Lipinski definition) is 4. The van der Waals surface area contributed by atoms with E-state index in [-0.39, 0.29) is 0 Å². The summed E-state index contributed by atoms with van der Waals surface area (Å²) in [6.45, 7) is 0.669. The van der Waals surface area contributed by atoms with Crippen LogP contribution >= 0.6 is 0 Å². The minimum Gasteiger partial charge on any atom is -0.467 e. The second-order valence-corrected chi connectivity index (χ2v) is 3.45. The van der Waals surface area contributed by atoms with E-state index >= 15 is 0 Å². The SMILES string of the molecule is CN(Cc1ccco1)c1ccnc(C#N)c1. The first-order chi connectivity index (χ1) is 7.79. The lowest BCUT2D eigenvalue weighted by atomic mass is 10.3. The van der Waals surface area contributed by atoms with Crippen molar-refractivity contribution in [1.29, 1.82) is 5.26 Å². The zero-order valence-corrected chi connectivity index (χ0v) is 8.92. The smallest absolute Gasteiger partial charge is 0.142 e. The van der Waals surface area contributed by atoms with Crippen LogP contribution in [0.25, 0.3) is 0 Å². The van der Waals surface area contributed by atoms with Gasteiger partial charge in [-0.1, -0.05) is 0 Å². The summed E-state index contributed by atoms with van der Waals surface area (Å²) < 4.78 is 5.26. The third kappa shape index (κ3) is 2.20. The number of rotatable bonds is 3. The molecule has 0 aliphatic carbocycles. The van der Waals surface area contributed by atoms with Gasteiger partial charge < -0.3 is 9.32 Å². The van der Waals surface area contributed by atoms with Crippen LogP contribution in [0, 0.1) is 11.3 Å². The summed E-state index contributed by atoms with van der Waals surface area (Å²) in [5.41, 5.74) is 1.37. The Bertz CT molecular complexity index is 499. The predicted molar refractivity (Wildman–Crippen MR) is 59.8 cm³/mol. The molecule has 0 N–H and O–H groups in total. The Hall–Kier alpha value is -2.28. The van der Waals surface area contributed by atoms with E-state index in [0.29, 0.717) is 12.2 Å². The van der Waals surface area contributed by atoms with E-state index < -0.39 is 0 Å². The van der Waals surface area contributed by atoms with Gasteiger partial charge in [-0.2, -0.15) is 5.26 Å². The Morgan fingerprint density at radius 3 is 3.06 bits per heavy atom. The normalized spacial score (nSPS) is 9.75. The Morgan fingerprint density at radius 1 is 1.50 bits per heavy atom. The monoisotopic (exact) mass is 213 g/mol. The van der Waals surface area contributed by atoms with Gasteiger partial charge in [-0.05, 0) is 24.3 Å². The lowest BCUT2D eigenvalue weighted by Crippen LogP contribution is -2.16. The Kier molecular flexibility index (Phi) is 2.88. The highest BCUT2D eigenvalue weighted by Crippen LogP contribution is 2.15. The summed E-state index contributed by atoms with van der Waals surface area (Å²) in [7, 11) is 1.94. The first kappa shape index (κ1) is 10.2. The highest BCUT2D eigenvalue weighted by atomic mass is 16.3. The van der Waals surface area contributed by atoms with Crippen molar-refractivity contribution in [2.75, 3.05) is 11.9 Å². The third-order valence-corrected chi connectivity index (χ3v) is 2.27. The van der Waals surface area contributed by atoms with Crippen LogP contribution in [0.5, 0.6) is 0 Å². The quantitative estimate of drug-likeness (QED) is 0.784. The number of anilines is 1. The highest BCUT2D eigenvalue weighted by Gasteiger charge is 2.04. The molecule has 0 saturated heterocycles. The van der Waals surface area contributed by atoms with Crippen LogP contribution in [0.2, 0.25) is 0 Å². The van der Waals surface area contributed by atoms with Gasteiger partial charge in [0.2, 0.25) is 0 Å². The van der Waals surface area contributed by atoms with Gasteiger partial charge in [-0.25, -0.2) is 4.98 Å². The molecule has 2 aromatic rings. The number of nitriles is 1. The minimum atomic E-state index is 0.420. The van der Waals surface area contributed by atoms with E-state index in [4.69, 9.17) is 9.68 Å². The third-order valence-electron chi connectivity index (χ3n) is 2.27. The molecule has 0 bridgehead atoms. The minimum absolute atomic E-state index is 0.420. The average Bonchev–Trinajstić information content (AvgIpc) is 2.82. The first-order valence-corrected chi connectivity index (χ1v) is 4.89. The van der Waals surface area contributed by atoms with Crippen LogP contribution in [0.3, 0.4) is 0 Å². The fraction of sp³-hybridized carbons (Fsp3) is 0.167. The van der Waals surface area contributed by atoms with Gasteiger partial charge in [0.05, 0.1) is 12.8 Å². The number of hydrogen-bond donors (Lipinski definition) is 0. The second-order valence-electron chi connectivity index (χ2n) is 3.45. The summed E-state index contributed by atoms with van der Waals surface area (Å²) in [5, 5.41) is 8.75. The van der Waals surface area contributed by atoms with Crippen molar-refractivity contribution in [2.45, 2.75) is 6.54 Å². The molecule has 16 heavy (non-hydrogen) atoms. The predicted octanol–water partition coefficient (Wildman–Crippen LogP) is 2.18. The standard InChI is InChI=1S/C12H11N3O/c1-15(9-12-3-2-6-16-12)11-4-5-14-10(7-11)8-13/h2-7H,9H2,1H3. The van der Waals surface area contributed by atoms with Crippen molar-refractivity contribution in [3.05, 3.63) is 48.2 Å². The van der Waals surface area contributed by atoms with Crippen molar-refractivity contribution >= 4 is 5.69 Å². The lowest BCUT2D eigenvalue weighted by Gasteiger charge is -2.17. The fourth-order valence-electron chi connectivity index (χ4n) is 1.45. The maximum absolute atomic E-state index is 8.75. The molecule has 0 amide bonds. The van der Waals surface area contributed by atoms with E-state index in [1.807, 2.05) is 36.2 Å². The molecule has 0 atom stereocenters. The largest absolute Gasteiger partial charge is 0.467 e. The molecule has 0 aromatic carbocycles. The van der Waals surface area contributed by atoms with Crippen LogP contribution in [0.4, 0.5) is 5.69 Å². The molecule has 0 unspecified atom stereocenters. The molecule has 0 aliphatic rings. The van der Waals surface area contributed by atoms with E-state index in [1.54, 1.807) is 18.5 Å². The van der Waals surface area contributed by atoms with E-state index in [9.17, 15) is 0 Å². The average molecular weight is 213 g/mol. The van der Waals surface area contributed by atoms with Crippen LogP contribution in [-0.4, -0.2) is 12.0 Å². The van der Waals surface area contributed by atoms with E-state index in [2.05, 4.69) is 4.98 Å². The Labute approximate surface area is 93.7 Å². The molecule has 0 radical (unpaired) electrons. The van der Waals surface area contributed by atoms with Crippen LogP contribution in [0.1, 0.15) is 11.5 Å². The van der Waals surface area contributed by atoms with Crippen LogP contribution in [-0.2, 0) is 6.54 Å². The maximum Gasteiger partial charge on any atom is 0.142 e. The van der Waals surface area contributed by atoms with Gasteiger partial charge in [0.1, 0.15) is 17.5 Å². The number of nitrogens with zero attached hydrogens (tertiary/aromatic N) is 3. The Balaban J connectivity index is 2.15. The molecule has 0 fully saturated rings. The number of pyridine rings is 1. The summed E-state index contributed by atoms with van der Waals surface area (Å²) in [6.07, 6.45) is 3.28. The van der Waals surface area contributed by atoms with Gasteiger partial charge in [0, 0.05) is 18.9 Å². The molecule has 2 heterocycles. The maximum atomic E-state index is 8.75. The molecule has 0 aliphatic heterocycles. The molecule has 2 rings (SSSR count). The lowest BCUT2D eigenvalue weighted by molar-refractivity contribution is 0.507. The van der Waals surface area contributed by atoms with Crippen molar-refractivity contribution in [3.8, 4) is 6.07 Å². The highest BCUT2D eigenvalue weighted by molar-refractivity contribution is 5.48. The molecule has 4 nitrogen and oxygen atoms in total. The summed E-state index contributed by atoms with van der Waals surface area (Å²) in [5.74, 6) is 0.887. The van der Waals surface area contributed by atoms with Crippen molar-refractivity contribution in [1.82, 2.24) is 4.98 Å². The van der Waals surface area contributed by atoms with Crippen molar-refractivity contribution in [2.24, 2.45) is 0 Å².